The van der Waals surface area contributed by atoms with Crippen molar-refractivity contribution < 1.29 is 4.79 Å². The maximum atomic E-state index is 11.7. The highest BCUT2D eigenvalue weighted by Gasteiger charge is 2.01. The van der Waals surface area contributed by atoms with Crippen molar-refractivity contribution in [2.45, 2.75) is 58.3 Å². The van der Waals surface area contributed by atoms with E-state index in [1.54, 1.807) is 0 Å². The number of anilines is 1. The molecule has 0 saturated heterocycles. The van der Waals surface area contributed by atoms with Crippen LogP contribution in [0.25, 0.3) is 0 Å². The molecular weight excluding hydrogens is 246 g/mol. The van der Waals surface area contributed by atoms with E-state index in [1.807, 2.05) is 37.3 Å². The van der Waals surface area contributed by atoms with Gasteiger partial charge in [0.05, 0.1) is 0 Å². The molecule has 1 aromatic rings. The van der Waals surface area contributed by atoms with Crippen LogP contribution >= 0.6 is 0 Å². The molecule has 110 valence electrons. The summed E-state index contributed by atoms with van der Waals surface area (Å²) >= 11 is 0. The Balaban J connectivity index is 2.03. The van der Waals surface area contributed by atoms with Gasteiger partial charge in [0.2, 0.25) is 5.91 Å². The molecule has 1 N–H and O–H groups in total. The number of hydrogen-bond donors (Lipinski definition) is 1. The minimum absolute atomic E-state index is 0.125. The van der Waals surface area contributed by atoms with Gasteiger partial charge in [0.1, 0.15) is 0 Å². The number of aryl methyl sites for hydroxylation is 1. The number of hydrogen-bond acceptors (Lipinski definition) is 1. The fraction of sp³-hybridized carbons (Fsp3) is 0.500. The monoisotopic (exact) mass is 273 g/mol. The Morgan fingerprint density at radius 2 is 1.65 bits per heavy atom. The Hall–Kier alpha value is -1.57. The third kappa shape index (κ3) is 7.78. The van der Waals surface area contributed by atoms with Crippen LogP contribution in [0.2, 0.25) is 0 Å². The van der Waals surface area contributed by atoms with Crippen molar-refractivity contribution in [2.24, 2.45) is 0 Å². The third-order valence-electron chi connectivity index (χ3n) is 3.40. The summed E-state index contributed by atoms with van der Waals surface area (Å²) in [7, 11) is 0. The zero-order valence-corrected chi connectivity index (χ0v) is 12.7. The molecule has 1 amide bonds. The summed E-state index contributed by atoms with van der Waals surface area (Å²) in [4.78, 5) is 11.7. The Morgan fingerprint density at radius 3 is 2.30 bits per heavy atom. The number of benzene rings is 1. The van der Waals surface area contributed by atoms with E-state index in [2.05, 4.69) is 11.9 Å². The quantitative estimate of drug-likeness (QED) is 0.458. The number of nitrogens with one attached hydrogen (secondary N) is 1. The van der Waals surface area contributed by atoms with Gasteiger partial charge in [-0.05, 0) is 38.3 Å². The van der Waals surface area contributed by atoms with Crippen molar-refractivity contribution in [1.29, 1.82) is 0 Å². The van der Waals surface area contributed by atoms with E-state index in [-0.39, 0.29) is 5.91 Å². The highest BCUT2D eigenvalue weighted by Crippen LogP contribution is 2.11. The van der Waals surface area contributed by atoms with Crippen LogP contribution in [0.3, 0.4) is 0 Å². The molecule has 0 saturated carbocycles. The molecule has 0 radical (unpaired) electrons. The predicted molar refractivity (Wildman–Crippen MR) is 86.9 cm³/mol. The molecule has 0 bridgehead atoms. The lowest BCUT2D eigenvalue weighted by Gasteiger charge is -2.05. The maximum Gasteiger partial charge on any atom is 0.224 e. The van der Waals surface area contributed by atoms with Gasteiger partial charge in [0.15, 0.2) is 0 Å². The molecule has 2 nitrogen and oxygen atoms in total. The zero-order valence-electron chi connectivity index (χ0n) is 12.7. The van der Waals surface area contributed by atoms with Crippen molar-refractivity contribution in [1.82, 2.24) is 0 Å². The first kappa shape index (κ1) is 16.5. The SMILES string of the molecule is C=CCCCCCCCCC(=O)Nc1ccc(C)cc1. The summed E-state index contributed by atoms with van der Waals surface area (Å²) in [5.41, 5.74) is 2.10. The number of carbonyl (C=O) groups excluding carboxylic acids is 1. The van der Waals surface area contributed by atoms with E-state index >= 15 is 0 Å². The van der Waals surface area contributed by atoms with Crippen molar-refractivity contribution in [2.75, 3.05) is 5.32 Å². The molecule has 0 heterocycles. The van der Waals surface area contributed by atoms with Gasteiger partial charge >= 0.3 is 0 Å². The summed E-state index contributed by atoms with van der Waals surface area (Å²) in [6.07, 6.45) is 10.9. The van der Waals surface area contributed by atoms with Gasteiger partial charge in [0.25, 0.3) is 0 Å². The van der Waals surface area contributed by atoms with Crippen molar-refractivity contribution >= 4 is 11.6 Å². The lowest BCUT2D eigenvalue weighted by Crippen LogP contribution is -2.10. The molecule has 1 aromatic carbocycles. The second kappa shape index (κ2) is 10.2. The fourth-order valence-electron chi connectivity index (χ4n) is 2.14. The molecule has 2 heteroatoms. The molecule has 0 aliphatic carbocycles. The number of allylic oxidation sites excluding steroid dienone is 1. The van der Waals surface area contributed by atoms with Crippen LogP contribution in [0.15, 0.2) is 36.9 Å². The molecule has 1 rings (SSSR count). The van der Waals surface area contributed by atoms with E-state index in [1.165, 1.54) is 31.2 Å². The zero-order chi connectivity index (χ0) is 14.6. The Labute approximate surface area is 123 Å². The van der Waals surface area contributed by atoms with Crippen LogP contribution < -0.4 is 5.32 Å². The van der Waals surface area contributed by atoms with Crippen LogP contribution in [0, 0.1) is 6.92 Å². The Bertz CT molecular complexity index is 394. The van der Waals surface area contributed by atoms with E-state index in [0.29, 0.717) is 6.42 Å². The van der Waals surface area contributed by atoms with Gasteiger partial charge in [-0.25, -0.2) is 0 Å². The van der Waals surface area contributed by atoms with E-state index in [0.717, 1.165) is 24.9 Å². The largest absolute Gasteiger partial charge is 0.326 e. The minimum atomic E-state index is 0.125. The number of rotatable bonds is 10. The van der Waals surface area contributed by atoms with Gasteiger partial charge in [0, 0.05) is 12.1 Å². The second-order valence-electron chi connectivity index (χ2n) is 5.36. The first-order chi connectivity index (χ1) is 9.72. The number of carbonyl (C=O) groups is 1. The molecule has 0 unspecified atom stereocenters. The van der Waals surface area contributed by atoms with Gasteiger partial charge < -0.3 is 5.32 Å². The summed E-state index contributed by atoms with van der Waals surface area (Å²) in [5.74, 6) is 0.125. The average Bonchev–Trinajstić information content (AvgIpc) is 2.44. The van der Waals surface area contributed by atoms with Gasteiger partial charge in [-0.2, -0.15) is 0 Å². The Kier molecular flexibility index (Phi) is 8.44. The highest BCUT2D eigenvalue weighted by molar-refractivity contribution is 5.90. The lowest BCUT2D eigenvalue weighted by molar-refractivity contribution is -0.116. The molecule has 0 aliphatic heterocycles. The van der Waals surface area contributed by atoms with Crippen molar-refractivity contribution in [3.8, 4) is 0 Å². The predicted octanol–water partition coefficient (Wildman–Crippen LogP) is 5.24. The molecule has 0 spiro atoms. The minimum Gasteiger partial charge on any atom is -0.326 e. The average molecular weight is 273 g/mol. The Morgan fingerprint density at radius 1 is 1.05 bits per heavy atom. The van der Waals surface area contributed by atoms with E-state index in [4.69, 9.17) is 0 Å². The second-order valence-corrected chi connectivity index (χ2v) is 5.36. The van der Waals surface area contributed by atoms with Crippen LogP contribution in [0.1, 0.15) is 56.9 Å². The van der Waals surface area contributed by atoms with Gasteiger partial charge in [-0.3, -0.25) is 4.79 Å². The molecule has 20 heavy (non-hydrogen) atoms. The number of unbranched alkanes of at least 4 members (excludes halogenated alkanes) is 6. The standard InChI is InChI=1S/C18H27NO/c1-3-4-5-6-7-8-9-10-11-18(20)19-17-14-12-16(2)13-15-17/h3,12-15H,1,4-11H2,2H3,(H,19,20). The smallest absolute Gasteiger partial charge is 0.224 e. The molecule has 0 aromatic heterocycles. The topological polar surface area (TPSA) is 29.1 Å². The number of amides is 1. The van der Waals surface area contributed by atoms with Crippen LogP contribution in [-0.2, 0) is 4.79 Å². The summed E-state index contributed by atoms with van der Waals surface area (Å²) in [6, 6.07) is 7.93. The van der Waals surface area contributed by atoms with Gasteiger partial charge in [-0.15, -0.1) is 6.58 Å². The molecule has 0 atom stereocenters. The van der Waals surface area contributed by atoms with Crippen LogP contribution in [0.5, 0.6) is 0 Å². The third-order valence-corrected chi connectivity index (χ3v) is 3.40. The first-order valence-corrected chi connectivity index (χ1v) is 7.70. The normalized spacial score (nSPS) is 10.2. The molecule has 0 aliphatic rings. The van der Waals surface area contributed by atoms with Crippen LogP contribution in [-0.4, -0.2) is 5.91 Å². The van der Waals surface area contributed by atoms with Crippen LogP contribution in [0.4, 0.5) is 5.69 Å². The summed E-state index contributed by atoms with van der Waals surface area (Å²) in [5, 5.41) is 2.94. The van der Waals surface area contributed by atoms with Crippen molar-refractivity contribution in [3.05, 3.63) is 42.5 Å². The lowest BCUT2D eigenvalue weighted by atomic mass is 10.1. The maximum absolute atomic E-state index is 11.7. The summed E-state index contributed by atoms with van der Waals surface area (Å²) in [6.45, 7) is 5.76. The summed E-state index contributed by atoms with van der Waals surface area (Å²) < 4.78 is 0. The fourth-order valence-corrected chi connectivity index (χ4v) is 2.14. The first-order valence-electron chi connectivity index (χ1n) is 7.70. The molecule has 0 fully saturated rings. The van der Waals surface area contributed by atoms with E-state index in [9.17, 15) is 4.79 Å². The van der Waals surface area contributed by atoms with E-state index < -0.39 is 0 Å². The van der Waals surface area contributed by atoms with Crippen molar-refractivity contribution in [3.63, 3.8) is 0 Å². The highest BCUT2D eigenvalue weighted by atomic mass is 16.1. The van der Waals surface area contributed by atoms with Gasteiger partial charge in [-0.1, -0.05) is 49.5 Å². The molecular formula is C18H27NO.